The minimum Gasteiger partial charge on any atom is -0.462 e. The molecule has 0 aromatic carbocycles. The van der Waals surface area contributed by atoms with Gasteiger partial charge in [-0.1, -0.05) is 306 Å². The molecular formula is C71H126O6. The molecular weight excluding hydrogens is 949 g/mol. The number of carbonyl (C=O) groups is 3. The van der Waals surface area contributed by atoms with Gasteiger partial charge in [0.15, 0.2) is 6.10 Å². The largest absolute Gasteiger partial charge is 0.462 e. The van der Waals surface area contributed by atoms with Crippen molar-refractivity contribution in [3.8, 4) is 0 Å². The highest BCUT2D eigenvalue weighted by Crippen LogP contribution is 2.17. The topological polar surface area (TPSA) is 78.9 Å². The SMILES string of the molecule is CC/C=C\C/C=C\C/C=C\C/C=C\CCCCCCCCC(=O)OC(COC(=O)CCCCCCCCCCCCCCC)COC(=O)CCCCCCCCCCCCCCCCC/C=C\C/C=C\CCCCCCC. The average Bonchev–Trinajstić information content (AvgIpc) is 3.43. The van der Waals surface area contributed by atoms with Crippen LogP contribution in [-0.4, -0.2) is 37.2 Å². The third-order valence-corrected chi connectivity index (χ3v) is 14.7. The Morgan fingerprint density at radius 3 is 0.792 bits per heavy atom. The van der Waals surface area contributed by atoms with Crippen LogP contribution >= 0.6 is 0 Å². The van der Waals surface area contributed by atoms with Crippen LogP contribution in [0.15, 0.2) is 72.9 Å². The number of carbonyl (C=O) groups excluding carboxylic acids is 3. The van der Waals surface area contributed by atoms with E-state index in [0.29, 0.717) is 19.3 Å². The molecule has 446 valence electrons. The lowest BCUT2D eigenvalue weighted by Crippen LogP contribution is -2.30. The number of ether oxygens (including phenoxy) is 3. The summed E-state index contributed by atoms with van der Waals surface area (Å²) in [5, 5.41) is 0. The van der Waals surface area contributed by atoms with Gasteiger partial charge in [-0.3, -0.25) is 14.4 Å². The molecule has 1 unspecified atom stereocenters. The van der Waals surface area contributed by atoms with Gasteiger partial charge >= 0.3 is 17.9 Å². The van der Waals surface area contributed by atoms with Crippen molar-refractivity contribution in [2.24, 2.45) is 0 Å². The van der Waals surface area contributed by atoms with Gasteiger partial charge in [0.2, 0.25) is 0 Å². The minimum absolute atomic E-state index is 0.0775. The molecule has 0 spiro atoms. The van der Waals surface area contributed by atoms with Gasteiger partial charge in [-0.25, -0.2) is 0 Å². The molecule has 0 radical (unpaired) electrons. The fourth-order valence-electron chi connectivity index (χ4n) is 9.70. The molecule has 0 rings (SSSR count). The molecule has 0 amide bonds. The molecule has 0 aliphatic heterocycles. The van der Waals surface area contributed by atoms with Crippen LogP contribution in [0, 0.1) is 0 Å². The van der Waals surface area contributed by atoms with Crippen molar-refractivity contribution >= 4 is 17.9 Å². The maximum absolute atomic E-state index is 12.9. The van der Waals surface area contributed by atoms with Crippen LogP contribution in [0.25, 0.3) is 0 Å². The summed E-state index contributed by atoms with van der Waals surface area (Å²) >= 11 is 0. The van der Waals surface area contributed by atoms with E-state index in [2.05, 4.69) is 93.7 Å². The van der Waals surface area contributed by atoms with Gasteiger partial charge < -0.3 is 14.2 Å². The van der Waals surface area contributed by atoms with Gasteiger partial charge in [0.05, 0.1) is 0 Å². The molecule has 0 saturated heterocycles. The number of hydrogen-bond acceptors (Lipinski definition) is 6. The highest BCUT2D eigenvalue weighted by molar-refractivity contribution is 5.71. The Labute approximate surface area is 478 Å². The quantitative estimate of drug-likeness (QED) is 0.0261. The van der Waals surface area contributed by atoms with E-state index in [1.165, 1.54) is 199 Å². The summed E-state index contributed by atoms with van der Waals surface area (Å²) in [5.74, 6) is -0.874. The van der Waals surface area contributed by atoms with Gasteiger partial charge in [0.25, 0.3) is 0 Å². The van der Waals surface area contributed by atoms with E-state index in [9.17, 15) is 14.4 Å². The summed E-state index contributed by atoms with van der Waals surface area (Å²) in [6, 6.07) is 0. The van der Waals surface area contributed by atoms with Crippen LogP contribution < -0.4 is 0 Å². The molecule has 0 heterocycles. The van der Waals surface area contributed by atoms with Gasteiger partial charge in [-0.05, 0) is 89.9 Å². The summed E-state index contributed by atoms with van der Waals surface area (Å²) < 4.78 is 16.9. The van der Waals surface area contributed by atoms with Crippen LogP contribution in [0.1, 0.15) is 342 Å². The normalized spacial score (nSPS) is 12.5. The first-order valence-corrected chi connectivity index (χ1v) is 33.4. The monoisotopic (exact) mass is 1070 g/mol. The van der Waals surface area contributed by atoms with E-state index < -0.39 is 6.10 Å². The second kappa shape index (κ2) is 65.4. The van der Waals surface area contributed by atoms with E-state index in [0.717, 1.165) is 103 Å². The second-order valence-corrected chi connectivity index (χ2v) is 22.4. The zero-order valence-electron chi connectivity index (χ0n) is 51.2. The summed E-state index contributed by atoms with van der Waals surface area (Å²) in [4.78, 5) is 38.3. The van der Waals surface area contributed by atoms with Crippen molar-refractivity contribution in [3.05, 3.63) is 72.9 Å². The van der Waals surface area contributed by atoms with Crippen LogP contribution in [0.4, 0.5) is 0 Å². The number of esters is 3. The highest BCUT2D eigenvalue weighted by atomic mass is 16.6. The van der Waals surface area contributed by atoms with E-state index in [-0.39, 0.29) is 31.1 Å². The van der Waals surface area contributed by atoms with Crippen LogP contribution in [0.3, 0.4) is 0 Å². The fourth-order valence-corrected chi connectivity index (χ4v) is 9.70. The average molecular weight is 1080 g/mol. The molecule has 0 aromatic rings. The lowest BCUT2D eigenvalue weighted by atomic mass is 10.0. The third-order valence-electron chi connectivity index (χ3n) is 14.7. The zero-order valence-corrected chi connectivity index (χ0v) is 51.2. The van der Waals surface area contributed by atoms with Gasteiger partial charge in [0.1, 0.15) is 13.2 Å². The smallest absolute Gasteiger partial charge is 0.306 e. The first-order valence-electron chi connectivity index (χ1n) is 33.4. The summed E-state index contributed by atoms with van der Waals surface area (Å²) in [5.41, 5.74) is 0. The number of unbranched alkanes of at least 4 members (excludes halogenated alkanes) is 38. The molecule has 0 saturated carbocycles. The Bertz CT molecular complexity index is 1420. The maximum Gasteiger partial charge on any atom is 0.306 e. The Kier molecular flexibility index (Phi) is 62.7. The second-order valence-electron chi connectivity index (χ2n) is 22.4. The van der Waals surface area contributed by atoms with Crippen LogP contribution in [0.2, 0.25) is 0 Å². The van der Waals surface area contributed by atoms with Crippen molar-refractivity contribution in [1.29, 1.82) is 0 Å². The Morgan fingerprint density at radius 1 is 0.273 bits per heavy atom. The molecule has 0 bridgehead atoms. The Balaban J connectivity index is 4.27. The van der Waals surface area contributed by atoms with Crippen LogP contribution in [-0.2, 0) is 28.6 Å². The van der Waals surface area contributed by atoms with Crippen molar-refractivity contribution in [1.82, 2.24) is 0 Å². The fraction of sp³-hybridized carbons (Fsp3) is 0.789. The molecule has 0 aliphatic rings. The predicted octanol–water partition coefficient (Wildman–Crippen LogP) is 22.9. The molecule has 0 aliphatic carbocycles. The predicted molar refractivity (Wildman–Crippen MR) is 335 cm³/mol. The van der Waals surface area contributed by atoms with Crippen molar-refractivity contribution in [2.45, 2.75) is 348 Å². The Morgan fingerprint density at radius 2 is 0.506 bits per heavy atom. The van der Waals surface area contributed by atoms with Gasteiger partial charge in [0, 0.05) is 19.3 Å². The van der Waals surface area contributed by atoms with E-state index in [1.807, 2.05) is 0 Å². The van der Waals surface area contributed by atoms with Gasteiger partial charge in [-0.2, -0.15) is 0 Å². The standard InChI is InChI=1S/C71H126O6/c1-4-7-10-13-16-19-22-25-27-29-31-32-33-34-35-36-37-38-40-41-43-46-49-52-55-58-61-64-70(73)76-67-68(66-75-69(72)63-60-57-54-51-48-45-24-21-18-15-12-9-6-3)77-71(74)65-62-59-56-53-50-47-44-42-39-30-28-26-23-20-17-14-11-8-5-2/h8,11,17,20,22,25-26,28-29,31,39,42,68H,4-7,9-10,12-16,18-19,21,23-24,27,30,32-38,40-41,43-67H2,1-3H3/b11-8-,20-17-,25-22-,28-26-,31-29-,42-39-. The van der Waals surface area contributed by atoms with Crippen molar-refractivity contribution in [3.63, 3.8) is 0 Å². The molecule has 6 heteroatoms. The molecule has 77 heavy (non-hydrogen) atoms. The third kappa shape index (κ3) is 63.6. The highest BCUT2D eigenvalue weighted by Gasteiger charge is 2.19. The number of rotatable bonds is 61. The molecule has 0 N–H and O–H groups in total. The van der Waals surface area contributed by atoms with E-state index >= 15 is 0 Å². The van der Waals surface area contributed by atoms with E-state index in [4.69, 9.17) is 14.2 Å². The van der Waals surface area contributed by atoms with Crippen molar-refractivity contribution < 1.29 is 28.6 Å². The number of hydrogen-bond donors (Lipinski definition) is 0. The van der Waals surface area contributed by atoms with Gasteiger partial charge in [-0.15, -0.1) is 0 Å². The first-order chi connectivity index (χ1) is 38.0. The zero-order chi connectivity index (χ0) is 55.7. The molecule has 1 atom stereocenters. The lowest BCUT2D eigenvalue weighted by molar-refractivity contribution is -0.167. The lowest BCUT2D eigenvalue weighted by Gasteiger charge is -2.18. The molecule has 0 fully saturated rings. The summed E-state index contributed by atoms with van der Waals surface area (Å²) in [7, 11) is 0. The minimum atomic E-state index is -0.782. The summed E-state index contributed by atoms with van der Waals surface area (Å²) in [6.07, 6.45) is 84.9. The maximum atomic E-state index is 12.9. The molecule has 6 nitrogen and oxygen atoms in total. The number of allylic oxidation sites excluding steroid dienone is 12. The van der Waals surface area contributed by atoms with Crippen molar-refractivity contribution in [2.75, 3.05) is 13.2 Å². The first kappa shape index (κ1) is 73.8. The summed E-state index contributed by atoms with van der Waals surface area (Å²) in [6.45, 7) is 6.55. The van der Waals surface area contributed by atoms with E-state index in [1.54, 1.807) is 0 Å². The molecule has 0 aromatic heterocycles. The van der Waals surface area contributed by atoms with Crippen LogP contribution in [0.5, 0.6) is 0 Å². The Hall–Kier alpha value is -3.15.